The second kappa shape index (κ2) is 7.42. The molecule has 0 saturated carbocycles. The third-order valence-corrected chi connectivity index (χ3v) is 3.91. The lowest BCUT2D eigenvalue weighted by Gasteiger charge is -2.14. The number of hydrogen-bond donors (Lipinski definition) is 3. The van der Waals surface area contributed by atoms with Crippen molar-refractivity contribution in [2.75, 3.05) is 16.4 Å². The van der Waals surface area contributed by atoms with Crippen LogP contribution in [0.2, 0.25) is 0 Å². The summed E-state index contributed by atoms with van der Waals surface area (Å²) in [5, 5.41) is 15.4. The van der Waals surface area contributed by atoms with Gasteiger partial charge in [0.2, 0.25) is 5.95 Å². The molecular formula is C20H19N7. The molecule has 0 bridgehead atoms. The fraction of sp³-hybridized carbons (Fsp3) is 0.100. The molecule has 2 aromatic carbocycles. The highest BCUT2D eigenvalue weighted by atomic mass is 15.2. The van der Waals surface area contributed by atoms with E-state index in [0.717, 1.165) is 22.5 Å². The Bertz CT molecular complexity index is 1060. The van der Waals surface area contributed by atoms with Gasteiger partial charge >= 0.3 is 0 Å². The van der Waals surface area contributed by atoms with E-state index in [2.05, 4.69) is 31.5 Å². The lowest BCUT2D eigenvalue weighted by atomic mass is 10.0. The molecule has 0 aliphatic heterocycles. The maximum Gasteiger partial charge on any atom is 0.231 e. The molecule has 3 aromatic rings. The van der Waals surface area contributed by atoms with Gasteiger partial charge in [0, 0.05) is 18.9 Å². The van der Waals surface area contributed by atoms with Crippen LogP contribution >= 0.6 is 0 Å². The third-order valence-electron chi connectivity index (χ3n) is 3.91. The Kier molecular flexibility index (Phi) is 4.87. The summed E-state index contributed by atoms with van der Waals surface area (Å²) in [5.74, 6) is 1.20. The molecule has 0 aliphatic rings. The zero-order chi connectivity index (χ0) is 19.4. The van der Waals surface area contributed by atoms with Crippen molar-refractivity contribution in [3.8, 4) is 6.07 Å². The zero-order valence-electron chi connectivity index (χ0n) is 14.9. The number of rotatable bonds is 4. The van der Waals surface area contributed by atoms with Crippen molar-refractivity contribution in [2.45, 2.75) is 13.8 Å². The highest BCUT2D eigenvalue weighted by molar-refractivity contribution is 5.69. The molecule has 0 saturated heterocycles. The standard InChI is InChI=1S/C20H17N7.H2/c1-12-8-14(11-21)9-13(2)19(12)26-18-10-17(22)25-20(27-18)24-16-6-4-15(23-3)5-7-16;/h4-10H,1-2H3,(H4,22,24,25,26,27);1H/i;1+1. The van der Waals surface area contributed by atoms with Crippen LogP contribution in [0.3, 0.4) is 0 Å². The van der Waals surface area contributed by atoms with Gasteiger partial charge in [0.1, 0.15) is 11.6 Å². The lowest BCUT2D eigenvalue weighted by Crippen LogP contribution is -2.05. The monoisotopic (exact) mass is 358 g/mol. The Morgan fingerprint density at radius 1 is 1.07 bits per heavy atom. The van der Waals surface area contributed by atoms with Crippen LogP contribution in [0, 0.1) is 31.8 Å². The van der Waals surface area contributed by atoms with Crippen molar-refractivity contribution < 1.29 is 1.43 Å². The van der Waals surface area contributed by atoms with E-state index in [0.29, 0.717) is 28.8 Å². The van der Waals surface area contributed by atoms with Gasteiger partial charge < -0.3 is 16.4 Å². The van der Waals surface area contributed by atoms with Gasteiger partial charge in [-0.2, -0.15) is 15.2 Å². The van der Waals surface area contributed by atoms with E-state index < -0.39 is 0 Å². The first-order chi connectivity index (χ1) is 13.0. The van der Waals surface area contributed by atoms with Crippen LogP contribution in [0.1, 0.15) is 18.1 Å². The van der Waals surface area contributed by atoms with Gasteiger partial charge in [-0.25, -0.2) is 4.85 Å². The van der Waals surface area contributed by atoms with Crippen LogP contribution in [0.5, 0.6) is 0 Å². The fourth-order valence-corrected chi connectivity index (χ4v) is 2.69. The third kappa shape index (κ3) is 4.12. The van der Waals surface area contributed by atoms with Crippen molar-refractivity contribution in [3.63, 3.8) is 0 Å². The van der Waals surface area contributed by atoms with Crippen molar-refractivity contribution >= 4 is 34.6 Å². The maximum absolute atomic E-state index is 9.08. The number of aryl methyl sites for hydroxylation is 2. The van der Waals surface area contributed by atoms with Crippen LogP contribution < -0.4 is 16.4 Å². The van der Waals surface area contributed by atoms with Crippen LogP contribution in [0.4, 0.5) is 34.6 Å². The molecule has 27 heavy (non-hydrogen) atoms. The highest BCUT2D eigenvalue weighted by Gasteiger charge is 2.09. The lowest BCUT2D eigenvalue weighted by molar-refractivity contribution is 1.17. The topological polar surface area (TPSA) is 104 Å². The number of anilines is 5. The van der Waals surface area contributed by atoms with E-state index in [-0.39, 0.29) is 1.43 Å². The minimum atomic E-state index is 0. The molecule has 7 nitrogen and oxygen atoms in total. The largest absolute Gasteiger partial charge is 0.383 e. The SMILES string of the molecule is [2HH].[C-]#[N+]c1ccc(Nc2nc(N)cc(Nc3c(C)cc(C#N)cc3C)n2)cc1. The predicted octanol–water partition coefficient (Wildman–Crippen LogP) is 4.83. The van der Waals surface area contributed by atoms with Crippen LogP contribution in [0.15, 0.2) is 42.5 Å². The van der Waals surface area contributed by atoms with Crippen molar-refractivity contribution in [2.24, 2.45) is 0 Å². The molecule has 4 N–H and O–H groups in total. The van der Waals surface area contributed by atoms with E-state index in [4.69, 9.17) is 17.6 Å². The second-order valence-corrected chi connectivity index (χ2v) is 6.01. The number of nitrogens with zero attached hydrogens (tertiary/aromatic N) is 4. The van der Waals surface area contributed by atoms with Crippen LogP contribution in [-0.2, 0) is 0 Å². The fourth-order valence-electron chi connectivity index (χ4n) is 2.69. The number of nitrogen functional groups attached to an aromatic ring is 1. The molecule has 0 radical (unpaired) electrons. The van der Waals surface area contributed by atoms with E-state index in [1.807, 2.05) is 26.0 Å². The molecule has 7 heteroatoms. The number of benzene rings is 2. The Labute approximate surface area is 158 Å². The molecule has 0 spiro atoms. The minimum Gasteiger partial charge on any atom is -0.383 e. The van der Waals surface area contributed by atoms with Crippen molar-refractivity contribution in [1.29, 1.82) is 5.26 Å². The molecule has 0 fully saturated rings. The number of nitriles is 1. The first-order valence-corrected chi connectivity index (χ1v) is 8.16. The van der Waals surface area contributed by atoms with E-state index in [1.54, 1.807) is 30.3 Å². The Hall–Kier alpha value is -4.10. The second-order valence-electron chi connectivity index (χ2n) is 6.01. The maximum atomic E-state index is 9.08. The smallest absolute Gasteiger partial charge is 0.231 e. The number of aromatic nitrogens is 2. The summed E-state index contributed by atoms with van der Waals surface area (Å²) >= 11 is 0. The van der Waals surface area contributed by atoms with Crippen molar-refractivity contribution in [3.05, 3.63) is 70.6 Å². The van der Waals surface area contributed by atoms with E-state index in [9.17, 15) is 0 Å². The van der Waals surface area contributed by atoms with Gasteiger partial charge in [-0.3, -0.25) is 0 Å². The Balaban J connectivity index is 0.00000280. The van der Waals surface area contributed by atoms with Crippen molar-refractivity contribution in [1.82, 2.24) is 9.97 Å². The van der Waals surface area contributed by atoms with Crippen LogP contribution in [0.25, 0.3) is 4.85 Å². The van der Waals surface area contributed by atoms with E-state index in [1.165, 1.54) is 0 Å². The van der Waals surface area contributed by atoms with Gasteiger partial charge in [0.05, 0.1) is 18.2 Å². The quantitative estimate of drug-likeness (QED) is 0.577. The predicted molar refractivity (Wildman–Crippen MR) is 108 cm³/mol. The van der Waals surface area contributed by atoms with Gasteiger partial charge in [-0.15, -0.1) is 0 Å². The van der Waals surface area contributed by atoms with Gasteiger partial charge in [0.25, 0.3) is 0 Å². The first kappa shape index (κ1) is 17.7. The highest BCUT2D eigenvalue weighted by Crippen LogP contribution is 2.27. The summed E-state index contributed by atoms with van der Waals surface area (Å²) in [6, 6.07) is 14.4. The van der Waals surface area contributed by atoms with Gasteiger partial charge in [-0.05, 0) is 49.2 Å². The van der Waals surface area contributed by atoms with E-state index >= 15 is 0 Å². The average Bonchev–Trinajstić information content (AvgIpc) is 2.64. The summed E-state index contributed by atoms with van der Waals surface area (Å²) in [6.07, 6.45) is 0. The zero-order valence-corrected chi connectivity index (χ0v) is 14.9. The summed E-state index contributed by atoms with van der Waals surface area (Å²) in [5.41, 5.74) is 10.6. The number of nitrogens with one attached hydrogen (secondary N) is 2. The molecule has 134 valence electrons. The molecule has 0 atom stereocenters. The number of hydrogen-bond acceptors (Lipinski definition) is 6. The van der Waals surface area contributed by atoms with Gasteiger partial charge in [0.15, 0.2) is 5.69 Å². The summed E-state index contributed by atoms with van der Waals surface area (Å²) in [4.78, 5) is 12.0. The molecule has 1 aromatic heterocycles. The first-order valence-electron chi connectivity index (χ1n) is 8.16. The summed E-state index contributed by atoms with van der Waals surface area (Å²) < 4.78 is 0. The Morgan fingerprint density at radius 2 is 1.74 bits per heavy atom. The Morgan fingerprint density at radius 3 is 2.33 bits per heavy atom. The normalized spacial score (nSPS) is 9.93. The summed E-state index contributed by atoms with van der Waals surface area (Å²) in [7, 11) is 0. The molecule has 0 amide bonds. The molecule has 3 rings (SSSR count). The average molecular weight is 358 g/mol. The molecule has 0 unspecified atom stereocenters. The molecule has 0 aliphatic carbocycles. The summed E-state index contributed by atoms with van der Waals surface area (Å²) in [6.45, 7) is 10.9. The molecular weight excluding hydrogens is 338 g/mol. The van der Waals surface area contributed by atoms with Gasteiger partial charge in [-0.1, -0.05) is 12.1 Å². The number of nitrogens with two attached hydrogens (primary N) is 1. The molecule has 1 heterocycles. The van der Waals surface area contributed by atoms with Crippen LogP contribution in [-0.4, -0.2) is 9.97 Å². The minimum absolute atomic E-state index is 0.